The highest BCUT2D eigenvalue weighted by Gasteiger charge is 2.39. The predicted molar refractivity (Wildman–Crippen MR) is 72.4 cm³/mol. The van der Waals surface area contributed by atoms with Gasteiger partial charge in [0.25, 0.3) is 0 Å². The van der Waals surface area contributed by atoms with Crippen molar-refractivity contribution in [1.29, 1.82) is 0 Å². The Bertz CT molecular complexity index is 390. The average Bonchev–Trinajstić information content (AvgIpc) is 2.98. The minimum atomic E-state index is -2.75. The Hall–Kier alpha value is -0.130. The SMILES string of the molecule is O=S1(=O)CCC(N2CCCCC2C2CCCN2)C1. The summed E-state index contributed by atoms with van der Waals surface area (Å²) in [4.78, 5) is 2.52. The van der Waals surface area contributed by atoms with Gasteiger partial charge < -0.3 is 5.32 Å². The molecule has 4 nitrogen and oxygen atoms in total. The Balaban J connectivity index is 1.71. The van der Waals surface area contributed by atoms with Crippen molar-refractivity contribution in [1.82, 2.24) is 10.2 Å². The molecule has 3 aliphatic heterocycles. The van der Waals surface area contributed by atoms with Gasteiger partial charge in [-0.2, -0.15) is 0 Å². The second kappa shape index (κ2) is 5.10. The van der Waals surface area contributed by atoms with E-state index in [0.29, 0.717) is 29.6 Å². The van der Waals surface area contributed by atoms with Gasteiger partial charge in [0.05, 0.1) is 11.5 Å². The fourth-order valence-electron chi connectivity index (χ4n) is 3.94. The second-order valence-corrected chi connectivity index (χ2v) is 8.29. The summed E-state index contributed by atoms with van der Waals surface area (Å²) in [5, 5.41) is 3.61. The maximum Gasteiger partial charge on any atom is 0.151 e. The number of likely N-dealkylation sites (tertiary alicyclic amines) is 1. The smallest absolute Gasteiger partial charge is 0.151 e. The van der Waals surface area contributed by atoms with Crippen molar-refractivity contribution in [2.75, 3.05) is 24.6 Å². The summed E-state index contributed by atoms with van der Waals surface area (Å²) in [6.07, 6.45) is 7.18. The molecule has 3 atom stereocenters. The fraction of sp³-hybridized carbons (Fsp3) is 1.00. The van der Waals surface area contributed by atoms with Crippen LogP contribution >= 0.6 is 0 Å². The van der Waals surface area contributed by atoms with E-state index in [0.717, 1.165) is 19.5 Å². The maximum absolute atomic E-state index is 11.7. The zero-order valence-corrected chi connectivity index (χ0v) is 11.8. The van der Waals surface area contributed by atoms with Crippen molar-refractivity contribution in [2.45, 2.75) is 56.7 Å². The lowest BCUT2D eigenvalue weighted by Crippen LogP contribution is -2.54. The van der Waals surface area contributed by atoms with Gasteiger partial charge in [-0.15, -0.1) is 0 Å². The number of hydrogen-bond acceptors (Lipinski definition) is 4. The van der Waals surface area contributed by atoms with Gasteiger partial charge in [-0.3, -0.25) is 4.90 Å². The lowest BCUT2D eigenvalue weighted by molar-refractivity contribution is 0.0833. The minimum absolute atomic E-state index is 0.294. The number of rotatable bonds is 2. The van der Waals surface area contributed by atoms with Gasteiger partial charge in [-0.25, -0.2) is 8.42 Å². The van der Waals surface area contributed by atoms with E-state index in [1.54, 1.807) is 0 Å². The molecule has 1 N–H and O–H groups in total. The minimum Gasteiger partial charge on any atom is -0.312 e. The van der Waals surface area contributed by atoms with Crippen LogP contribution in [-0.2, 0) is 9.84 Å². The van der Waals surface area contributed by atoms with Crippen molar-refractivity contribution in [3.63, 3.8) is 0 Å². The third kappa shape index (κ3) is 2.58. The second-order valence-electron chi connectivity index (χ2n) is 6.06. The largest absolute Gasteiger partial charge is 0.312 e. The molecule has 3 aliphatic rings. The normalized spacial score (nSPS) is 41.2. The summed E-state index contributed by atoms with van der Waals surface area (Å²) in [6.45, 7) is 2.24. The predicted octanol–water partition coefficient (Wildman–Crippen LogP) is 0.780. The van der Waals surface area contributed by atoms with E-state index in [4.69, 9.17) is 0 Å². The Morgan fingerprint density at radius 2 is 1.94 bits per heavy atom. The highest BCUT2D eigenvalue weighted by atomic mass is 32.2. The van der Waals surface area contributed by atoms with Crippen molar-refractivity contribution >= 4 is 9.84 Å². The third-order valence-corrected chi connectivity index (χ3v) is 6.58. The van der Waals surface area contributed by atoms with Gasteiger partial charge >= 0.3 is 0 Å². The molecule has 0 radical (unpaired) electrons. The van der Waals surface area contributed by atoms with Crippen molar-refractivity contribution < 1.29 is 8.42 Å². The highest BCUT2D eigenvalue weighted by Crippen LogP contribution is 2.29. The number of nitrogens with one attached hydrogen (secondary N) is 1. The van der Waals surface area contributed by atoms with Crippen LogP contribution in [0.25, 0.3) is 0 Å². The molecule has 0 aromatic carbocycles. The molecule has 104 valence electrons. The molecule has 3 unspecified atom stereocenters. The first-order valence-electron chi connectivity index (χ1n) is 7.35. The van der Waals surface area contributed by atoms with Crippen LogP contribution in [0.3, 0.4) is 0 Å². The highest BCUT2D eigenvalue weighted by molar-refractivity contribution is 7.91. The van der Waals surface area contributed by atoms with Crippen LogP contribution in [0.1, 0.15) is 38.5 Å². The van der Waals surface area contributed by atoms with Crippen LogP contribution < -0.4 is 5.32 Å². The van der Waals surface area contributed by atoms with Crippen LogP contribution in [0.4, 0.5) is 0 Å². The first-order valence-corrected chi connectivity index (χ1v) is 9.17. The maximum atomic E-state index is 11.7. The number of piperidine rings is 1. The number of hydrogen-bond donors (Lipinski definition) is 1. The monoisotopic (exact) mass is 272 g/mol. The molecule has 0 spiro atoms. The van der Waals surface area contributed by atoms with Crippen LogP contribution in [0.15, 0.2) is 0 Å². The van der Waals surface area contributed by atoms with Gasteiger partial charge in [0, 0.05) is 18.1 Å². The molecule has 3 fully saturated rings. The van der Waals surface area contributed by atoms with Gasteiger partial charge in [0.1, 0.15) is 0 Å². The lowest BCUT2D eigenvalue weighted by Gasteiger charge is -2.42. The van der Waals surface area contributed by atoms with E-state index >= 15 is 0 Å². The molecule has 3 saturated heterocycles. The van der Waals surface area contributed by atoms with Crippen LogP contribution in [0, 0.1) is 0 Å². The quantitative estimate of drug-likeness (QED) is 0.807. The molecule has 5 heteroatoms. The van der Waals surface area contributed by atoms with Gasteiger partial charge in [-0.1, -0.05) is 6.42 Å². The summed E-state index contributed by atoms with van der Waals surface area (Å²) >= 11 is 0. The Kier molecular flexibility index (Phi) is 3.65. The van der Waals surface area contributed by atoms with Crippen LogP contribution in [0.2, 0.25) is 0 Å². The van der Waals surface area contributed by atoms with E-state index < -0.39 is 9.84 Å². The van der Waals surface area contributed by atoms with Crippen molar-refractivity contribution in [3.8, 4) is 0 Å². The Morgan fingerprint density at radius 3 is 2.61 bits per heavy atom. The molecule has 0 aromatic heterocycles. The van der Waals surface area contributed by atoms with E-state index in [1.165, 1.54) is 32.1 Å². The van der Waals surface area contributed by atoms with Gasteiger partial charge in [-0.05, 0) is 45.2 Å². The molecule has 3 heterocycles. The summed E-state index contributed by atoms with van der Waals surface area (Å²) in [6, 6.07) is 1.48. The molecule has 0 saturated carbocycles. The first-order chi connectivity index (χ1) is 8.66. The first kappa shape index (κ1) is 12.9. The van der Waals surface area contributed by atoms with Gasteiger partial charge in [0.15, 0.2) is 9.84 Å². The summed E-state index contributed by atoms with van der Waals surface area (Å²) < 4.78 is 23.3. The van der Waals surface area contributed by atoms with E-state index in [2.05, 4.69) is 10.2 Å². The lowest BCUT2D eigenvalue weighted by atomic mass is 9.92. The molecule has 0 aliphatic carbocycles. The third-order valence-electron chi connectivity index (χ3n) is 4.83. The van der Waals surface area contributed by atoms with Crippen LogP contribution in [-0.4, -0.2) is 56.0 Å². The topological polar surface area (TPSA) is 49.4 Å². The van der Waals surface area contributed by atoms with E-state index in [1.807, 2.05) is 0 Å². The van der Waals surface area contributed by atoms with E-state index in [-0.39, 0.29) is 0 Å². The molecule has 0 bridgehead atoms. The molecular weight excluding hydrogens is 248 g/mol. The molecule has 0 aromatic rings. The molecule has 0 amide bonds. The fourth-order valence-corrected chi connectivity index (χ4v) is 5.68. The number of sulfone groups is 1. The summed E-state index contributed by atoms with van der Waals surface area (Å²) in [5.41, 5.74) is 0. The van der Waals surface area contributed by atoms with Crippen molar-refractivity contribution in [2.24, 2.45) is 0 Å². The van der Waals surface area contributed by atoms with Gasteiger partial charge in [0.2, 0.25) is 0 Å². The summed E-state index contributed by atoms with van der Waals surface area (Å²) in [7, 11) is -2.75. The average molecular weight is 272 g/mol. The zero-order chi connectivity index (χ0) is 12.6. The number of nitrogens with zero attached hydrogens (tertiary/aromatic N) is 1. The molecule has 18 heavy (non-hydrogen) atoms. The Labute approximate surface area is 110 Å². The molecular formula is C13H24N2O2S. The Morgan fingerprint density at radius 1 is 1.06 bits per heavy atom. The molecule has 3 rings (SSSR count). The van der Waals surface area contributed by atoms with Crippen molar-refractivity contribution in [3.05, 3.63) is 0 Å². The summed E-state index contributed by atoms with van der Waals surface area (Å²) in [5.74, 6) is 0.801. The standard InChI is InChI=1S/C13H24N2O2S/c16-18(17)9-6-11(10-18)15-8-2-1-5-13(15)12-4-3-7-14-12/h11-14H,1-10H2. The van der Waals surface area contributed by atoms with Crippen LogP contribution in [0.5, 0.6) is 0 Å². The van der Waals surface area contributed by atoms with E-state index in [9.17, 15) is 8.42 Å². The zero-order valence-electron chi connectivity index (χ0n) is 11.0.